The third-order valence-corrected chi connectivity index (χ3v) is 4.65. The molecule has 140 valence electrons. The van der Waals surface area contributed by atoms with E-state index in [0.29, 0.717) is 23.2 Å². The molecule has 0 aliphatic rings. The van der Waals surface area contributed by atoms with Crippen LogP contribution in [-0.4, -0.2) is 16.1 Å². The van der Waals surface area contributed by atoms with Gasteiger partial charge in [0.15, 0.2) is 17.3 Å². The van der Waals surface area contributed by atoms with Crippen LogP contribution in [0.1, 0.15) is 32.2 Å². The first kappa shape index (κ1) is 18.9. The maximum Gasteiger partial charge on any atom is 0.355 e. The van der Waals surface area contributed by atoms with E-state index in [4.69, 9.17) is 9.84 Å². The van der Waals surface area contributed by atoms with E-state index in [-0.39, 0.29) is 17.9 Å². The Labute approximate surface area is 156 Å². The van der Waals surface area contributed by atoms with Crippen LogP contribution < -0.4 is 4.74 Å². The number of rotatable bonds is 6. The molecule has 3 rings (SSSR count). The first-order valence-electron chi connectivity index (χ1n) is 7.87. The summed E-state index contributed by atoms with van der Waals surface area (Å²) in [7, 11) is 0. The molecule has 27 heavy (non-hydrogen) atoms. The molecule has 1 heterocycles. The number of aromatic carboxylic acids is 1. The first-order chi connectivity index (χ1) is 12.8. The normalized spacial score (nSPS) is 10.8. The van der Waals surface area contributed by atoms with E-state index in [1.807, 2.05) is 13.0 Å². The van der Waals surface area contributed by atoms with Gasteiger partial charge in [0.2, 0.25) is 0 Å². The van der Waals surface area contributed by atoms with Crippen LogP contribution in [0.2, 0.25) is 0 Å². The van der Waals surface area contributed by atoms with Gasteiger partial charge in [-0.05, 0) is 19.1 Å². The number of aryl methyl sites for hydroxylation is 1. The highest BCUT2D eigenvalue weighted by Crippen LogP contribution is 2.26. The number of aromatic nitrogens is 1. The zero-order chi connectivity index (χ0) is 19.6. The van der Waals surface area contributed by atoms with Gasteiger partial charge in [0.25, 0.3) is 0 Å². The van der Waals surface area contributed by atoms with Crippen molar-refractivity contribution in [3.63, 3.8) is 0 Å². The number of carboxylic acids is 1. The van der Waals surface area contributed by atoms with Crippen LogP contribution in [0.5, 0.6) is 5.75 Å². The van der Waals surface area contributed by atoms with Crippen LogP contribution >= 0.6 is 11.3 Å². The maximum absolute atomic E-state index is 13.8. The summed E-state index contributed by atoms with van der Waals surface area (Å²) in [4.78, 5) is 15.0. The lowest BCUT2D eigenvalue weighted by Crippen LogP contribution is -2.03. The van der Waals surface area contributed by atoms with Crippen molar-refractivity contribution in [2.75, 3.05) is 0 Å². The molecule has 0 spiro atoms. The summed E-state index contributed by atoms with van der Waals surface area (Å²) in [5.74, 6) is -3.98. The molecule has 1 aromatic heterocycles. The third-order valence-electron chi connectivity index (χ3n) is 3.80. The minimum Gasteiger partial charge on any atom is -0.488 e. The van der Waals surface area contributed by atoms with Crippen molar-refractivity contribution < 1.29 is 27.8 Å². The molecule has 0 radical (unpaired) electrons. The molecular weight excluding hydrogens is 379 g/mol. The lowest BCUT2D eigenvalue weighted by Gasteiger charge is -2.12. The standard InChI is InChI=1S/C19H14F3NO3S/c1-10-2-3-17(26-8-12-5-14(21)15(22)7-13(12)20)11(4-10)6-18-23-16(9-27-18)19(24)25/h2-5,7,9H,6,8H2,1H3,(H,24,25). The van der Waals surface area contributed by atoms with Crippen molar-refractivity contribution in [1.29, 1.82) is 0 Å². The Morgan fingerprint density at radius 3 is 2.56 bits per heavy atom. The van der Waals surface area contributed by atoms with E-state index in [0.717, 1.165) is 17.2 Å². The predicted molar refractivity (Wildman–Crippen MR) is 93.7 cm³/mol. The number of hydrogen-bond donors (Lipinski definition) is 1. The van der Waals surface area contributed by atoms with E-state index in [2.05, 4.69) is 4.98 Å². The molecule has 0 unspecified atom stereocenters. The quantitative estimate of drug-likeness (QED) is 0.615. The molecule has 1 N–H and O–H groups in total. The second-order valence-electron chi connectivity index (χ2n) is 5.87. The Kier molecular flexibility index (Phi) is 5.46. The Balaban J connectivity index is 1.81. The number of hydrogen-bond acceptors (Lipinski definition) is 4. The summed E-state index contributed by atoms with van der Waals surface area (Å²) in [6, 6.07) is 6.57. The minimum absolute atomic E-state index is 0.0334. The lowest BCUT2D eigenvalue weighted by atomic mass is 10.1. The smallest absolute Gasteiger partial charge is 0.355 e. The number of halogens is 3. The number of nitrogens with zero attached hydrogens (tertiary/aromatic N) is 1. The minimum atomic E-state index is -1.26. The second-order valence-corrected chi connectivity index (χ2v) is 6.81. The number of thiazole rings is 1. The molecule has 0 amide bonds. The van der Waals surface area contributed by atoms with Crippen LogP contribution in [0.25, 0.3) is 0 Å². The zero-order valence-electron chi connectivity index (χ0n) is 14.1. The SMILES string of the molecule is Cc1ccc(OCc2cc(F)c(F)cc2F)c(Cc2nc(C(=O)O)cs2)c1. The Morgan fingerprint density at radius 2 is 1.85 bits per heavy atom. The molecule has 3 aromatic rings. The van der Waals surface area contributed by atoms with Gasteiger partial charge in [-0.15, -0.1) is 11.3 Å². The third kappa shape index (κ3) is 4.46. The van der Waals surface area contributed by atoms with Gasteiger partial charge < -0.3 is 9.84 Å². The predicted octanol–water partition coefficient (Wildman–Crippen LogP) is 4.74. The summed E-state index contributed by atoms with van der Waals surface area (Å²) in [5.41, 5.74) is 1.53. The van der Waals surface area contributed by atoms with Crippen LogP contribution in [-0.2, 0) is 13.0 Å². The zero-order valence-corrected chi connectivity index (χ0v) is 14.9. The van der Waals surface area contributed by atoms with Gasteiger partial charge in [-0.25, -0.2) is 22.9 Å². The van der Waals surface area contributed by atoms with Crippen LogP contribution in [0.15, 0.2) is 35.7 Å². The van der Waals surface area contributed by atoms with Crippen LogP contribution in [0, 0.1) is 24.4 Å². The van der Waals surface area contributed by atoms with Crippen molar-refractivity contribution in [1.82, 2.24) is 4.98 Å². The van der Waals surface area contributed by atoms with E-state index in [9.17, 15) is 18.0 Å². The maximum atomic E-state index is 13.8. The highest BCUT2D eigenvalue weighted by Gasteiger charge is 2.14. The summed E-state index contributed by atoms with van der Waals surface area (Å²) in [6.45, 7) is 1.60. The Bertz CT molecular complexity index is 1000. The summed E-state index contributed by atoms with van der Waals surface area (Å²) < 4.78 is 45.7. The van der Waals surface area contributed by atoms with Gasteiger partial charge in [-0.3, -0.25) is 0 Å². The second kappa shape index (κ2) is 7.79. The van der Waals surface area contributed by atoms with Gasteiger partial charge in [0.05, 0.1) is 5.01 Å². The van der Waals surface area contributed by atoms with Crippen molar-refractivity contribution >= 4 is 17.3 Å². The molecule has 0 fully saturated rings. The summed E-state index contributed by atoms with van der Waals surface area (Å²) in [5, 5.41) is 11.0. The van der Waals surface area contributed by atoms with E-state index >= 15 is 0 Å². The van der Waals surface area contributed by atoms with Gasteiger partial charge in [0.1, 0.15) is 18.2 Å². The molecule has 0 aliphatic carbocycles. The average Bonchev–Trinajstić information content (AvgIpc) is 3.07. The Hall–Kier alpha value is -2.87. The molecule has 2 aromatic carbocycles. The molecule has 0 atom stereocenters. The Morgan fingerprint density at radius 1 is 1.11 bits per heavy atom. The summed E-state index contributed by atoms with van der Waals surface area (Å²) in [6.07, 6.45) is 0.329. The topological polar surface area (TPSA) is 59.4 Å². The number of benzene rings is 2. The van der Waals surface area contributed by atoms with Crippen molar-refractivity contribution in [2.24, 2.45) is 0 Å². The monoisotopic (exact) mass is 393 g/mol. The largest absolute Gasteiger partial charge is 0.488 e. The molecule has 8 heteroatoms. The fourth-order valence-electron chi connectivity index (χ4n) is 2.47. The molecule has 0 aliphatic heterocycles. The average molecular weight is 393 g/mol. The van der Waals surface area contributed by atoms with Crippen molar-refractivity contribution in [2.45, 2.75) is 20.0 Å². The fourth-order valence-corrected chi connectivity index (χ4v) is 3.26. The van der Waals surface area contributed by atoms with Crippen LogP contribution in [0.3, 0.4) is 0 Å². The van der Waals surface area contributed by atoms with Gasteiger partial charge in [-0.1, -0.05) is 17.7 Å². The highest BCUT2D eigenvalue weighted by atomic mass is 32.1. The summed E-state index contributed by atoms with van der Waals surface area (Å²) >= 11 is 1.21. The van der Waals surface area contributed by atoms with Crippen molar-refractivity contribution in [3.05, 3.63) is 80.6 Å². The number of ether oxygens (including phenoxy) is 1. The van der Waals surface area contributed by atoms with Gasteiger partial charge in [0, 0.05) is 29.0 Å². The highest BCUT2D eigenvalue weighted by molar-refractivity contribution is 7.09. The molecule has 0 bridgehead atoms. The number of carboxylic acid groups (broad SMARTS) is 1. The van der Waals surface area contributed by atoms with E-state index in [1.165, 1.54) is 16.7 Å². The molecule has 0 saturated heterocycles. The molecular formula is C19H14F3NO3S. The molecule has 0 saturated carbocycles. The van der Waals surface area contributed by atoms with E-state index in [1.54, 1.807) is 12.1 Å². The lowest BCUT2D eigenvalue weighted by molar-refractivity contribution is 0.0691. The fraction of sp³-hybridized carbons (Fsp3) is 0.158. The first-order valence-corrected chi connectivity index (χ1v) is 8.75. The van der Waals surface area contributed by atoms with Crippen LogP contribution in [0.4, 0.5) is 13.2 Å². The van der Waals surface area contributed by atoms with Gasteiger partial charge in [-0.2, -0.15) is 0 Å². The number of carbonyl (C=O) groups is 1. The van der Waals surface area contributed by atoms with E-state index < -0.39 is 23.4 Å². The molecule has 4 nitrogen and oxygen atoms in total. The van der Waals surface area contributed by atoms with Crippen molar-refractivity contribution in [3.8, 4) is 5.75 Å². The van der Waals surface area contributed by atoms with Gasteiger partial charge >= 0.3 is 5.97 Å².